The molecule has 0 spiro atoms. The standard InChI is InChI=1S/C13H18O2/c1-3-4-11(15)13-10-6-5-9(7-10)12(13)8(2)14/h9,12H,3-7H2,1-2H3. The van der Waals surface area contributed by atoms with Gasteiger partial charge >= 0.3 is 0 Å². The Morgan fingerprint density at radius 3 is 2.73 bits per heavy atom. The number of carbonyl (C=O) groups excluding carboxylic acids is 2. The van der Waals surface area contributed by atoms with Crippen molar-refractivity contribution >= 4 is 11.6 Å². The van der Waals surface area contributed by atoms with E-state index in [-0.39, 0.29) is 17.5 Å². The van der Waals surface area contributed by atoms with Crippen molar-refractivity contribution in [1.82, 2.24) is 0 Å². The van der Waals surface area contributed by atoms with Gasteiger partial charge in [0.15, 0.2) is 5.78 Å². The highest BCUT2D eigenvalue weighted by Gasteiger charge is 2.43. The Balaban J connectivity index is 2.27. The molecule has 2 aliphatic carbocycles. The number of fused-ring (bicyclic) bond motifs is 2. The molecule has 0 aromatic rings. The van der Waals surface area contributed by atoms with Crippen molar-refractivity contribution in [3.8, 4) is 0 Å². The fraction of sp³-hybridized carbons (Fsp3) is 0.692. The third-order valence-corrected chi connectivity index (χ3v) is 3.70. The molecule has 0 amide bonds. The number of ketones is 2. The lowest BCUT2D eigenvalue weighted by atomic mass is 9.81. The van der Waals surface area contributed by atoms with Crippen LogP contribution in [-0.4, -0.2) is 11.6 Å². The number of hydrogen-bond acceptors (Lipinski definition) is 2. The maximum atomic E-state index is 11.9. The molecule has 2 heteroatoms. The summed E-state index contributed by atoms with van der Waals surface area (Å²) in [6, 6.07) is 0. The third-order valence-electron chi connectivity index (χ3n) is 3.70. The van der Waals surface area contributed by atoms with Gasteiger partial charge in [-0.15, -0.1) is 0 Å². The van der Waals surface area contributed by atoms with Gasteiger partial charge in [0.25, 0.3) is 0 Å². The minimum Gasteiger partial charge on any atom is -0.299 e. The molecule has 1 saturated carbocycles. The topological polar surface area (TPSA) is 34.1 Å². The maximum Gasteiger partial charge on any atom is 0.159 e. The van der Waals surface area contributed by atoms with Gasteiger partial charge < -0.3 is 0 Å². The Labute approximate surface area is 90.7 Å². The molecule has 1 fully saturated rings. The summed E-state index contributed by atoms with van der Waals surface area (Å²) in [6.07, 6.45) is 4.66. The molecule has 0 aromatic heterocycles. The van der Waals surface area contributed by atoms with Gasteiger partial charge in [0, 0.05) is 17.9 Å². The first-order chi connectivity index (χ1) is 7.15. The summed E-state index contributed by atoms with van der Waals surface area (Å²) >= 11 is 0. The quantitative estimate of drug-likeness (QED) is 0.708. The average molecular weight is 206 g/mol. The molecular formula is C13H18O2. The van der Waals surface area contributed by atoms with Crippen LogP contribution in [0.5, 0.6) is 0 Å². The van der Waals surface area contributed by atoms with E-state index in [4.69, 9.17) is 0 Å². The van der Waals surface area contributed by atoms with Crippen LogP contribution in [0.4, 0.5) is 0 Å². The summed E-state index contributed by atoms with van der Waals surface area (Å²) in [5.74, 6) is 0.824. The molecule has 0 heterocycles. The van der Waals surface area contributed by atoms with Crippen LogP contribution in [0.1, 0.15) is 46.0 Å². The van der Waals surface area contributed by atoms with Gasteiger partial charge in [-0.1, -0.05) is 12.5 Å². The highest BCUT2D eigenvalue weighted by atomic mass is 16.1. The lowest BCUT2D eigenvalue weighted by Crippen LogP contribution is -2.24. The molecule has 0 aliphatic heterocycles. The van der Waals surface area contributed by atoms with Gasteiger partial charge in [-0.25, -0.2) is 0 Å². The van der Waals surface area contributed by atoms with E-state index in [0.717, 1.165) is 31.3 Å². The Morgan fingerprint density at radius 1 is 1.40 bits per heavy atom. The largest absolute Gasteiger partial charge is 0.299 e. The van der Waals surface area contributed by atoms with Crippen molar-refractivity contribution in [3.63, 3.8) is 0 Å². The fourth-order valence-corrected chi connectivity index (χ4v) is 3.13. The zero-order valence-corrected chi connectivity index (χ0v) is 9.51. The zero-order chi connectivity index (χ0) is 11.0. The first kappa shape index (κ1) is 10.6. The molecule has 0 radical (unpaired) electrons. The first-order valence-corrected chi connectivity index (χ1v) is 5.90. The first-order valence-electron chi connectivity index (χ1n) is 5.90. The lowest BCUT2D eigenvalue weighted by Gasteiger charge is -2.21. The third kappa shape index (κ3) is 1.66. The highest BCUT2D eigenvalue weighted by molar-refractivity contribution is 6.03. The van der Waals surface area contributed by atoms with E-state index in [9.17, 15) is 9.59 Å². The van der Waals surface area contributed by atoms with Gasteiger partial charge in [0.2, 0.25) is 0 Å². The van der Waals surface area contributed by atoms with E-state index in [1.165, 1.54) is 5.57 Å². The highest BCUT2D eigenvalue weighted by Crippen LogP contribution is 2.49. The second-order valence-corrected chi connectivity index (χ2v) is 4.78. The second kappa shape index (κ2) is 3.92. The van der Waals surface area contributed by atoms with Gasteiger partial charge in [-0.3, -0.25) is 9.59 Å². The van der Waals surface area contributed by atoms with E-state index in [1.807, 2.05) is 6.92 Å². The molecule has 2 aliphatic rings. The van der Waals surface area contributed by atoms with E-state index >= 15 is 0 Å². The molecule has 2 atom stereocenters. The fourth-order valence-electron chi connectivity index (χ4n) is 3.13. The maximum absolute atomic E-state index is 11.9. The lowest BCUT2D eigenvalue weighted by molar-refractivity contribution is -0.124. The molecule has 2 nitrogen and oxygen atoms in total. The normalized spacial score (nSPS) is 28.7. The summed E-state index contributed by atoms with van der Waals surface area (Å²) in [7, 11) is 0. The van der Waals surface area contributed by atoms with E-state index in [2.05, 4.69) is 0 Å². The molecule has 0 saturated heterocycles. The predicted molar refractivity (Wildman–Crippen MR) is 58.5 cm³/mol. The molecule has 0 N–H and O–H groups in total. The van der Waals surface area contributed by atoms with E-state index in [0.29, 0.717) is 12.3 Å². The van der Waals surface area contributed by atoms with Crippen molar-refractivity contribution in [2.24, 2.45) is 11.8 Å². The summed E-state index contributed by atoms with van der Waals surface area (Å²) in [5.41, 5.74) is 2.19. The van der Waals surface area contributed by atoms with Gasteiger partial charge in [-0.05, 0) is 38.5 Å². The van der Waals surface area contributed by atoms with Crippen LogP contribution < -0.4 is 0 Å². The molecule has 0 aromatic carbocycles. The van der Waals surface area contributed by atoms with Crippen LogP contribution >= 0.6 is 0 Å². The van der Waals surface area contributed by atoms with Crippen LogP contribution in [-0.2, 0) is 9.59 Å². The van der Waals surface area contributed by atoms with Crippen molar-refractivity contribution in [1.29, 1.82) is 0 Å². The number of rotatable bonds is 4. The molecule has 82 valence electrons. The molecule has 2 bridgehead atoms. The van der Waals surface area contributed by atoms with Crippen LogP contribution in [0.15, 0.2) is 11.1 Å². The Hall–Kier alpha value is -0.920. The molecule has 15 heavy (non-hydrogen) atoms. The smallest absolute Gasteiger partial charge is 0.159 e. The number of carbonyl (C=O) groups is 2. The summed E-state index contributed by atoms with van der Waals surface area (Å²) in [4.78, 5) is 23.5. The zero-order valence-electron chi connectivity index (χ0n) is 9.51. The molecule has 2 unspecified atom stereocenters. The predicted octanol–water partition coefficient (Wildman–Crippen LogP) is 2.67. The number of hydrogen-bond donors (Lipinski definition) is 0. The number of Topliss-reactive ketones (excluding diaryl/α,β-unsaturated/α-hetero) is 2. The van der Waals surface area contributed by atoms with Crippen LogP contribution in [0.3, 0.4) is 0 Å². The molecule has 2 rings (SSSR count). The van der Waals surface area contributed by atoms with Gasteiger partial charge in [0.1, 0.15) is 5.78 Å². The van der Waals surface area contributed by atoms with Crippen molar-refractivity contribution in [2.45, 2.75) is 46.0 Å². The summed E-state index contributed by atoms with van der Waals surface area (Å²) in [5, 5.41) is 0. The molecular weight excluding hydrogens is 188 g/mol. The Bertz CT molecular complexity index is 338. The van der Waals surface area contributed by atoms with Gasteiger partial charge in [-0.2, -0.15) is 0 Å². The van der Waals surface area contributed by atoms with Crippen molar-refractivity contribution < 1.29 is 9.59 Å². The Morgan fingerprint density at radius 2 is 2.13 bits per heavy atom. The van der Waals surface area contributed by atoms with Crippen LogP contribution in [0.25, 0.3) is 0 Å². The monoisotopic (exact) mass is 206 g/mol. The SMILES string of the molecule is CCCC(=O)C1=C2CCC(C2)C1C(C)=O. The Kier molecular flexibility index (Phi) is 2.76. The van der Waals surface area contributed by atoms with E-state index in [1.54, 1.807) is 6.92 Å². The number of allylic oxidation sites excluding steroid dienone is 2. The average Bonchev–Trinajstić information content (AvgIpc) is 2.76. The summed E-state index contributed by atoms with van der Waals surface area (Å²) in [6.45, 7) is 3.64. The minimum atomic E-state index is -0.0483. The van der Waals surface area contributed by atoms with E-state index < -0.39 is 0 Å². The summed E-state index contributed by atoms with van der Waals surface area (Å²) < 4.78 is 0. The van der Waals surface area contributed by atoms with Crippen LogP contribution in [0, 0.1) is 11.8 Å². The second-order valence-electron chi connectivity index (χ2n) is 4.78. The van der Waals surface area contributed by atoms with Gasteiger partial charge in [0.05, 0.1) is 0 Å². The van der Waals surface area contributed by atoms with Crippen LogP contribution in [0.2, 0.25) is 0 Å². The van der Waals surface area contributed by atoms with Crippen molar-refractivity contribution in [3.05, 3.63) is 11.1 Å². The minimum absolute atomic E-state index is 0.0483. The van der Waals surface area contributed by atoms with Crippen molar-refractivity contribution in [2.75, 3.05) is 0 Å².